The van der Waals surface area contributed by atoms with Crippen molar-refractivity contribution in [3.8, 4) is 11.3 Å². The van der Waals surface area contributed by atoms with Crippen LogP contribution in [0.2, 0.25) is 5.02 Å². The van der Waals surface area contributed by atoms with Gasteiger partial charge in [0.25, 0.3) is 0 Å². The molecule has 122 valence electrons. The van der Waals surface area contributed by atoms with Gasteiger partial charge in [0, 0.05) is 23.8 Å². The molecule has 0 unspecified atom stereocenters. The van der Waals surface area contributed by atoms with Crippen molar-refractivity contribution in [2.24, 2.45) is 17.8 Å². The maximum atomic E-state index is 6.20. The van der Waals surface area contributed by atoms with Gasteiger partial charge in [-0.05, 0) is 36.8 Å². The molecule has 0 amide bonds. The highest BCUT2D eigenvalue weighted by Gasteiger charge is 2.28. The van der Waals surface area contributed by atoms with Crippen molar-refractivity contribution in [3.05, 3.63) is 59.2 Å². The first-order valence-corrected chi connectivity index (χ1v) is 8.00. The van der Waals surface area contributed by atoms with Gasteiger partial charge in [0.15, 0.2) is 5.82 Å². The van der Waals surface area contributed by atoms with E-state index in [2.05, 4.69) is 22.0 Å². The van der Waals surface area contributed by atoms with E-state index in [1.807, 2.05) is 53.4 Å². The molecule has 1 aromatic carbocycles. The van der Waals surface area contributed by atoms with Gasteiger partial charge in [-0.2, -0.15) is 5.10 Å². The summed E-state index contributed by atoms with van der Waals surface area (Å²) in [5.41, 5.74) is 9.82. The Labute approximate surface area is 145 Å². The molecule has 6 nitrogen and oxygen atoms in total. The number of hydrazine groups is 1. The zero-order chi connectivity index (χ0) is 16.8. The van der Waals surface area contributed by atoms with E-state index in [4.69, 9.17) is 17.3 Å². The fraction of sp³-hybridized carbons (Fsp3) is 0.176. The van der Waals surface area contributed by atoms with E-state index in [1.54, 1.807) is 6.08 Å². The summed E-state index contributed by atoms with van der Waals surface area (Å²) < 4.78 is 1.81. The average molecular weight is 341 g/mol. The van der Waals surface area contributed by atoms with Crippen LogP contribution in [0.4, 0.5) is 5.69 Å². The molecular formula is C17H17ClN6. The minimum atomic E-state index is 0.511. The number of nitrogens with two attached hydrogens (primary N) is 1. The second-order valence-electron chi connectivity index (χ2n) is 5.84. The first-order chi connectivity index (χ1) is 11.5. The van der Waals surface area contributed by atoms with E-state index in [0.29, 0.717) is 17.4 Å². The van der Waals surface area contributed by atoms with Crippen molar-refractivity contribution < 1.29 is 0 Å². The van der Waals surface area contributed by atoms with Crippen molar-refractivity contribution in [2.45, 2.75) is 6.92 Å². The third-order valence-corrected chi connectivity index (χ3v) is 4.35. The Morgan fingerprint density at radius 1 is 1.29 bits per heavy atom. The maximum Gasteiger partial charge on any atom is 0.151 e. The van der Waals surface area contributed by atoms with Crippen molar-refractivity contribution in [3.63, 3.8) is 0 Å². The van der Waals surface area contributed by atoms with Crippen LogP contribution in [-0.4, -0.2) is 27.2 Å². The molecule has 0 spiro atoms. The standard InChI is InChI=1S/C17H17ClN6/c1-11-3-4-12(18)9-13(11)17-14(10-22(2)21-17)23-8-6-16-20-15(19)5-7-24(16)23/h3-7,9-10H,8H2,1-2H3,(H2,19,20). The van der Waals surface area contributed by atoms with Gasteiger partial charge < -0.3 is 5.73 Å². The van der Waals surface area contributed by atoms with Crippen LogP contribution in [-0.2, 0) is 7.05 Å². The molecule has 0 atom stereocenters. The third kappa shape index (κ3) is 2.35. The molecule has 2 N–H and O–H groups in total. The van der Waals surface area contributed by atoms with Gasteiger partial charge in [0.05, 0.1) is 12.7 Å². The Morgan fingerprint density at radius 2 is 2.12 bits per heavy atom. The molecule has 0 radical (unpaired) electrons. The summed E-state index contributed by atoms with van der Waals surface area (Å²) in [5.74, 6) is 1.34. The lowest BCUT2D eigenvalue weighted by Crippen LogP contribution is -2.35. The minimum Gasteiger partial charge on any atom is -0.384 e. The van der Waals surface area contributed by atoms with E-state index < -0.39 is 0 Å². The summed E-state index contributed by atoms with van der Waals surface area (Å²) in [4.78, 5) is 4.37. The van der Waals surface area contributed by atoms with E-state index in [9.17, 15) is 0 Å². The molecule has 0 aliphatic carbocycles. The minimum absolute atomic E-state index is 0.511. The highest BCUT2D eigenvalue weighted by atomic mass is 35.5. The van der Waals surface area contributed by atoms with Gasteiger partial charge in [-0.3, -0.25) is 9.69 Å². The molecule has 2 aliphatic heterocycles. The number of aliphatic imine (C=N–C) groups is 1. The lowest BCUT2D eigenvalue weighted by molar-refractivity contribution is 0.461. The van der Waals surface area contributed by atoms with Gasteiger partial charge in [-0.1, -0.05) is 17.7 Å². The molecule has 2 aliphatic rings. The number of halogens is 1. The van der Waals surface area contributed by atoms with Gasteiger partial charge >= 0.3 is 0 Å². The molecule has 1 aromatic heterocycles. The number of nitrogens with zero attached hydrogens (tertiary/aromatic N) is 5. The second kappa shape index (κ2) is 5.42. The van der Waals surface area contributed by atoms with E-state index in [-0.39, 0.29) is 0 Å². The zero-order valence-corrected chi connectivity index (χ0v) is 14.2. The number of anilines is 1. The SMILES string of the molecule is Cc1ccc(Cl)cc1-c1nn(C)cc1N1CC=C2N=C(N)C=CN21. The normalized spacial score (nSPS) is 16.3. The lowest BCUT2D eigenvalue weighted by atomic mass is 10.1. The number of aromatic nitrogens is 2. The van der Waals surface area contributed by atoms with Gasteiger partial charge in [0.1, 0.15) is 17.2 Å². The molecule has 0 fully saturated rings. The van der Waals surface area contributed by atoms with Crippen LogP contribution in [0.1, 0.15) is 5.56 Å². The first-order valence-electron chi connectivity index (χ1n) is 7.62. The summed E-state index contributed by atoms with van der Waals surface area (Å²) in [6, 6.07) is 5.86. The van der Waals surface area contributed by atoms with E-state index >= 15 is 0 Å². The fourth-order valence-corrected chi connectivity index (χ4v) is 3.14. The Kier molecular flexibility index (Phi) is 3.35. The number of hydrogen-bond acceptors (Lipinski definition) is 5. The summed E-state index contributed by atoms with van der Waals surface area (Å²) in [6.45, 7) is 2.76. The van der Waals surface area contributed by atoms with Crippen molar-refractivity contribution in [1.29, 1.82) is 0 Å². The maximum absolute atomic E-state index is 6.20. The molecule has 0 saturated carbocycles. The number of benzene rings is 1. The molecule has 2 aromatic rings. The largest absolute Gasteiger partial charge is 0.384 e. The topological polar surface area (TPSA) is 62.7 Å². The lowest BCUT2D eigenvalue weighted by Gasteiger charge is -2.30. The van der Waals surface area contributed by atoms with Gasteiger partial charge in [0.2, 0.25) is 0 Å². The fourth-order valence-electron chi connectivity index (χ4n) is 2.96. The molecule has 3 heterocycles. The van der Waals surface area contributed by atoms with Crippen LogP contribution < -0.4 is 10.7 Å². The highest BCUT2D eigenvalue weighted by molar-refractivity contribution is 6.30. The van der Waals surface area contributed by atoms with Gasteiger partial charge in [-0.25, -0.2) is 10.0 Å². The van der Waals surface area contributed by atoms with Crippen molar-refractivity contribution in [1.82, 2.24) is 14.8 Å². The van der Waals surface area contributed by atoms with Crippen molar-refractivity contribution in [2.75, 3.05) is 11.6 Å². The number of amidine groups is 1. The van der Waals surface area contributed by atoms with Crippen LogP contribution >= 0.6 is 11.6 Å². The smallest absolute Gasteiger partial charge is 0.151 e. The van der Waals surface area contributed by atoms with Crippen LogP contribution in [0.5, 0.6) is 0 Å². The highest BCUT2D eigenvalue weighted by Crippen LogP contribution is 2.36. The van der Waals surface area contributed by atoms with Crippen LogP contribution in [0.15, 0.2) is 53.6 Å². The predicted octanol–water partition coefficient (Wildman–Crippen LogP) is 2.81. The van der Waals surface area contributed by atoms with Crippen LogP contribution in [0.25, 0.3) is 11.3 Å². The average Bonchev–Trinajstić information content (AvgIpc) is 3.12. The Morgan fingerprint density at radius 3 is 2.96 bits per heavy atom. The number of hydrogen-bond donors (Lipinski definition) is 1. The number of aryl methyl sites for hydroxylation is 2. The zero-order valence-electron chi connectivity index (χ0n) is 13.4. The second-order valence-corrected chi connectivity index (χ2v) is 6.27. The number of rotatable bonds is 2. The third-order valence-electron chi connectivity index (χ3n) is 4.11. The molecule has 0 bridgehead atoms. The van der Waals surface area contributed by atoms with Gasteiger partial charge in [-0.15, -0.1) is 0 Å². The summed E-state index contributed by atoms with van der Waals surface area (Å²) in [5, 5.41) is 9.46. The molecule has 7 heteroatoms. The van der Waals surface area contributed by atoms with Crippen LogP contribution in [0, 0.1) is 6.92 Å². The monoisotopic (exact) mass is 340 g/mol. The first kappa shape index (κ1) is 14.8. The van der Waals surface area contributed by atoms with E-state index in [1.165, 1.54) is 0 Å². The number of fused-ring (bicyclic) bond motifs is 1. The quantitative estimate of drug-likeness (QED) is 0.913. The molecule has 0 saturated heterocycles. The Hall–Kier alpha value is -2.73. The Balaban J connectivity index is 1.79. The predicted molar refractivity (Wildman–Crippen MR) is 96.4 cm³/mol. The summed E-state index contributed by atoms with van der Waals surface area (Å²) in [7, 11) is 1.92. The summed E-state index contributed by atoms with van der Waals surface area (Å²) >= 11 is 6.20. The summed E-state index contributed by atoms with van der Waals surface area (Å²) in [6.07, 6.45) is 7.75. The molecular weight excluding hydrogens is 324 g/mol. The van der Waals surface area contributed by atoms with Crippen molar-refractivity contribution >= 4 is 23.1 Å². The Bertz CT molecular complexity index is 908. The molecule has 24 heavy (non-hydrogen) atoms. The van der Waals surface area contributed by atoms with E-state index in [0.717, 1.165) is 28.3 Å². The molecule has 4 rings (SSSR count). The van der Waals surface area contributed by atoms with Crippen LogP contribution in [0.3, 0.4) is 0 Å².